The Kier molecular flexibility index (Phi) is 6.24. The summed E-state index contributed by atoms with van der Waals surface area (Å²) in [6, 6.07) is 6.43. The van der Waals surface area contributed by atoms with E-state index in [-0.39, 0.29) is 17.6 Å². The van der Waals surface area contributed by atoms with Crippen molar-refractivity contribution in [2.24, 2.45) is 0 Å². The fraction of sp³-hybridized carbons (Fsp3) is 0.476. The first kappa shape index (κ1) is 20.2. The normalized spacial score (nSPS) is 15.1. The first-order chi connectivity index (χ1) is 13.3. The highest BCUT2D eigenvalue weighted by Gasteiger charge is 2.21. The van der Waals surface area contributed by atoms with Crippen LogP contribution in [0.4, 0.5) is 15.9 Å². The lowest BCUT2D eigenvalue weighted by atomic mass is 10.2. The molecule has 6 nitrogen and oxygen atoms in total. The molecule has 1 saturated heterocycles. The Labute approximate surface area is 165 Å². The second-order valence-corrected chi connectivity index (χ2v) is 7.65. The van der Waals surface area contributed by atoms with Crippen LogP contribution >= 0.6 is 0 Å². The topological polar surface area (TPSA) is 61.4 Å². The fourth-order valence-electron chi connectivity index (χ4n) is 3.25. The lowest BCUT2D eigenvalue weighted by Gasteiger charge is -2.35. The Hall–Kier alpha value is -2.54. The van der Waals surface area contributed by atoms with Crippen molar-refractivity contribution in [3.63, 3.8) is 0 Å². The predicted molar refractivity (Wildman–Crippen MR) is 109 cm³/mol. The zero-order chi connectivity index (χ0) is 20.3. The van der Waals surface area contributed by atoms with Crippen LogP contribution in [0.3, 0.4) is 0 Å². The monoisotopic (exact) mass is 385 g/mol. The van der Waals surface area contributed by atoms with Crippen molar-refractivity contribution in [3.05, 3.63) is 47.2 Å². The van der Waals surface area contributed by atoms with E-state index in [0.29, 0.717) is 12.2 Å². The van der Waals surface area contributed by atoms with Gasteiger partial charge in [0, 0.05) is 49.5 Å². The summed E-state index contributed by atoms with van der Waals surface area (Å²) in [5.74, 6) is 1.63. The second kappa shape index (κ2) is 8.65. The van der Waals surface area contributed by atoms with Crippen LogP contribution < -0.4 is 10.2 Å². The number of nitrogens with zero attached hydrogens (tertiary/aromatic N) is 4. The summed E-state index contributed by atoms with van der Waals surface area (Å²) in [4.78, 5) is 25.9. The Morgan fingerprint density at radius 1 is 1.14 bits per heavy atom. The van der Waals surface area contributed by atoms with Crippen LogP contribution in [0.2, 0.25) is 0 Å². The molecule has 0 aliphatic carbocycles. The van der Waals surface area contributed by atoms with Crippen molar-refractivity contribution in [2.75, 3.05) is 42.9 Å². The van der Waals surface area contributed by atoms with Crippen LogP contribution in [-0.4, -0.2) is 53.5 Å². The molecule has 1 fully saturated rings. The third-order valence-corrected chi connectivity index (χ3v) is 4.91. The smallest absolute Gasteiger partial charge is 0.238 e. The van der Waals surface area contributed by atoms with Gasteiger partial charge in [-0.2, -0.15) is 0 Å². The highest BCUT2D eigenvalue weighted by atomic mass is 19.1. The number of hydrogen-bond donors (Lipinski definition) is 1. The minimum Gasteiger partial charge on any atom is -0.354 e. The molecular formula is C21H28FN5O. The molecule has 0 radical (unpaired) electrons. The largest absolute Gasteiger partial charge is 0.354 e. The minimum absolute atomic E-state index is 0.123. The number of amides is 1. The van der Waals surface area contributed by atoms with Gasteiger partial charge in [0.1, 0.15) is 17.5 Å². The minimum atomic E-state index is -0.351. The van der Waals surface area contributed by atoms with Gasteiger partial charge in [-0.3, -0.25) is 9.69 Å². The van der Waals surface area contributed by atoms with E-state index >= 15 is 0 Å². The van der Waals surface area contributed by atoms with E-state index in [2.05, 4.69) is 33.9 Å². The van der Waals surface area contributed by atoms with E-state index < -0.39 is 0 Å². The van der Waals surface area contributed by atoms with Gasteiger partial charge in [0.25, 0.3) is 0 Å². The zero-order valence-electron chi connectivity index (χ0n) is 17.0. The molecule has 0 spiro atoms. The van der Waals surface area contributed by atoms with Crippen molar-refractivity contribution in [1.29, 1.82) is 0 Å². The van der Waals surface area contributed by atoms with E-state index in [1.807, 2.05) is 19.9 Å². The van der Waals surface area contributed by atoms with Crippen molar-refractivity contribution in [2.45, 2.75) is 33.6 Å². The molecular weight excluding hydrogens is 357 g/mol. The van der Waals surface area contributed by atoms with Crippen LogP contribution in [0, 0.1) is 19.7 Å². The van der Waals surface area contributed by atoms with Crippen LogP contribution in [0.25, 0.3) is 0 Å². The number of piperazine rings is 1. The Balaban J connectivity index is 1.55. The Morgan fingerprint density at radius 3 is 2.54 bits per heavy atom. The summed E-state index contributed by atoms with van der Waals surface area (Å²) < 4.78 is 13.4. The maximum absolute atomic E-state index is 13.4. The molecule has 2 aromatic rings. The number of rotatable bonds is 5. The average Bonchev–Trinajstić information content (AvgIpc) is 2.64. The van der Waals surface area contributed by atoms with Crippen LogP contribution in [0.1, 0.15) is 36.8 Å². The molecule has 150 valence electrons. The number of anilines is 2. The second-order valence-electron chi connectivity index (χ2n) is 7.65. The molecule has 1 aliphatic heterocycles. The van der Waals surface area contributed by atoms with E-state index in [9.17, 15) is 9.18 Å². The molecule has 2 heterocycles. The molecule has 3 rings (SSSR count). The number of hydrogen-bond acceptors (Lipinski definition) is 5. The third kappa shape index (κ3) is 5.04. The SMILES string of the molecule is Cc1cc(N2CCN(CC(=O)Nc3cc(F)ccc3C)CC2)nc(C(C)C)n1. The standard InChI is InChI=1S/C21H28FN5O/c1-14(2)21-23-16(4)11-19(25-21)27-9-7-26(8-10-27)13-20(28)24-18-12-17(22)6-5-15(18)3/h5-6,11-12,14H,7-10,13H2,1-4H3,(H,24,28). The number of nitrogens with one attached hydrogen (secondary N) is 1. The van der Waals surface area contributed by atoms with E-state index in [1.54, 1.807) is 6.07 Å². The van der Waals surface area contributed by atoms with Gasteiger partial charge in [-0.1, -0.05) is 19.9 Å². The summed E-state index contributed by atoms with van der Waals surface area (Å²) in [7, 11) is 0. The highest BCUT2D eigenvalue weighted by Crippen LogP contribution is 2.19. The molecule has 1 aromatic carbocycles. The molecule has 1 aliphatic rings. The first-order valence-corrected chi connectivity index (χ1v) is 9.70. The molecule has 0 bridgehead atoms. The van der Waals surface area contributed by atoms with Gasteiger partial charge < -0.3 is 10.2 Å². The molecule has 1 N–H and O–H groups in total. The van der Waals surface area contributed by atoms with Gasteiger partial charge >= 0.3 is 0 Å². The van der Waals surface area contributed by atoms with Gasteiger partial charge in [-0.25, -0.2) is 14.4 Å². The van der Waals surface area contributed by atoms with Gasteiger partial charge in [-0.05, 0) is 31.5 Å². The quantitative estimate of drug-likeness (QED) is 0.857. The molecule has 1 amide bonds. The van der Waals surface area contributed by atoms with Crippen molar-refractivity contribution < 1.29 is 9.18 Å². The summed E-state index contributed by atoms with van der Waals surface area (Å²) >= 11 is 0. The van der Waals surface area contributed by atoms with Gasteiger partial charge in [0.2, 0.25) is 5.91 Å². The molecule has 7 heteroatoms. The summed E-state index contributed by atoms with van der Waals surface area (Å²) in [6.45, 7) is 11.5. The molecule has 0 saturated carbocycles. The van der Waals surface area contributed by atoms with Crippen molar-refractivity contribution in [1.82, 2.24) is 14.9 Å². The van der Waals surface area contributed by atoms with Crippen molar-refractivity contribution >= 4 is 17.4 Å². The van der Waals surface area contributed by atoms with Crippen LogP contribution in [0.5, 0.6) is 0 Å². The van der Waals surface area contributed by atoms with E-state index in [4.69, 9.17) is 4.98 Å². The number of halogens is 1. The number of carbonyl (C=O) groups excluding carboxylic acids is 1. The highest BCUT2D eigenvalue weighted by molar-refractivity contribution is 5.93. The van der Waals surface area contributed by atoms with E-state index in [0.717, 1.165) is 49.1 Å². The van der Waals surface area contributed by atoms with Crippen LogP contribution in [0.15, 0.2) is 24.3 Å². The van der Waals surface area contributed by atoms with Gasteiger partial charge in [0.05, 0.1) is 6.54 Å². The third-order valence-electron chi connectivity index (χ3n) is 4.91. The molecule has 1 aromatic heterocycles. The lowest BCUT2D eigenvalue weighted by Crippen LogP contribution is -2.49. The predicted octanol–water partition coefficient (Wildman–Crippen LogP) is 3.12. The number of benzene rings is 1. The van der Waals surface area contributed by atoms with E-state index in [1.165, 1.54) is 12.1 Å². The molecule has 0 unspecified atom stereocenters. The maximum atomic E-state index is 13.4. The number of aromatic nitrogens is 2. The molecule has 28 heavy (non-hydrogen) atoms. The summed E-state index contributed by atoms with van der Waals surface area (Å²) in [5.41, 5.74) is 2.35. The van der Waals surface area contributed by atoms with Gasteiger partial charge in [0.15, 0.2) is 0 Å². The van der Waals surface area contributed by atoms with Gasteiger partial charge in [-0.15, -0.1) is 0 Å². The Bertz CT molecular complexity index is 847. The molecule has 0 atom stereocenters. The fourth-order valence-corrected chi connectivity index (χ4v) is 3.25. The summed E-state index contributed by atoms with van der Waals surface area (Å²) in [6.07, 6.45) is 0. The average molecular weight is 385 g/mol. The number of aryl methyl sites for hydroxylation is 2. The van der Waals surface area contributed by atoms with Crippen molar-refractivity contribution in [3.8, 4) is 0 Å². The first-order valence-electron chi connectivity index (χ1n) is 9.70. The maximum Gasteiger partial charge on any atom is 0.238 e. The number of carbonyl (C=O) groups is 1. The zero-order valence-corrected chi connectivity index (χ0v) is 17.0. The lowest BCUT2D eigenvalue weighted by molar-refractivity contribution is -0.117. The van der Waals surface area contributed by atoms with Crippen LogP contribution in [-0.2, 0) is 4.79 Å². The Morgan fingerprint density at radius 2 is 1.86 bits per heavy atom. The summed E-state index contributed by atoms with van der Waals surface area (Å²) in [5, 5.41) is 2.81.